The number of nitrogens with one attached hydrogen (secondary N) is 1. The van der Waals surface area contributed by atoms with Gasteiger partial charge < -0.3 is 9.80 Å². The first-order valence-corrected chi connectivity index (χ1v) is 11.0. The van der Waals surface area contributed by atoms with Crippen LogP contribution in [-0.4, -0.2) is 64.5 Å². The van der Waals surface area contributed by atoms with Gasteiger partial charge in [-0.25, -0.2) is 13.1 Å². The number of sulfonamides is 1. The molecule has 2 aromatic carbocycles. The van der Waals surface area contributed by atoms with Crippen LogP contribution in [0.3, 0.4) is 0 Å². The fourth-order valence-corrected chi connectivity index (χ4v) is 4.49. The Morgan fingerprint density at radius 3 is 2.15 bits per heavy atom. The molecular weight excluding hydrogens is 358 g/mol. The summed E-state index contributed by atoms with van der Waals surface area (Å²) in [6.45, 7) is 7.72. The summed E-state index contributed by atoms with van der Waals surface area (Å²) in [5.74, 6) is 0.270. The smallest absolute Gasteiger partial charge is 0.240 e. The molecule has 0 bridgehead atoms. The van der Waals surface area contributed by atoms with Gasteiger partial charge in [0, 0.05) is 39.3 Å². The molecule has 1 aliphatic rings. The Bertz CT molecular complexity index is 814. The van der Waals surface area contributed by atoms with Gasteiger partial charge in [-0.3, -0.25) is 0 Å². The Morgan fingerprint density at radius 2 is 1.52 bits per heavy atom. The average molecular weight is 388 g/mol. The zero-order valence-electron chi connectivity index (χ0n) is 16.1. The van der Waals surface area contributed by atoms with E-state index in [9.17, 15) is 8.42 Å². The van der Waals surface area contributed by atoms with E-state index < -0.39 is 10.0 Å². The molecule has 0 saturated carbocycles. The molecular formula is C21H29N3O2S. The lowest BCUT2D eigenvalue weighted by Crippen LogP contribution is -2.46. The van der Waals surface area contributed by atoms with Crippen molar-refractivity contribution in [2.75, 3.05) is 46.3 Å². The van der Waals surface area contributed by atoms with Crippen LogP contribution in [-0.2, 0) is 10.0 Å². The highest BCUT2D eigenvalue weighted by molar-refractivity contribution is 7.89. The summed E-state index contributed by atoms with van der Waals surface area (Å²) in [6, 6.07) is 17.0. The van der Waals surface area contributed by atoms with Crippen molar-refractivity contribution in [2.24, 2.45) is 5.92 Å². The molecule has 1 atom stereocenters. The fourth-order valence-electron chi connectivity index (χ4n) is 3.33. The third-order valence-corrected chi connectivity index (χ3v) is 6.50. The molecule has 1 unspecified atom stereocenters. The fraction of sp³-hybridized carbons (Fsp3) is 0.429. The lowest BCUT2D eigenvalue weighted by atomic mass is 10.1. The van der Waals surface area contributed by atoms with E-state index in [1.165, 1.54) is 0 Å². The maximum absolute atomic E-state index is 12.6. The van der Waals surface area contributed by atoms with Gasteiger partial charge in [-0.05, 0) is 36.2 Å². The van der Waals surface area contributed by atoms with Gasteiger partial charge in [0.25, 0.3) is 0 Å². The van der Waals surface area contributed by atoms with Crippen LogP contribution in [0.25, 0.3) is 11.1 Å². The monoisotopic (exact) mass is 387 g/mol. The zero-order valence-corrected chi connectivity index (χ0v) is 17.0. The van der Waals surface area contributed by atoms with Crippen LogP contribution in [0.15, 0.2) is 59.5 Å². The predicted octanol–water partition coefficient (Wildman–Crippen LogP) is 2.52. The Labute approximate surface area is 163 Å². The van der Waals surface area contributed by atoms with Crippen LogP contribution in [0.4, 0.5) is 0 Å². The van der Waals surface area contributed by atoms with Crippen molar-refractivity contribution in [3.05, 3.63) is 54.6 Å². The Kier molecular flexibility index (Phi) is 6.65. The number of likely N-dealkylation sites (N-methyl/N-ethyl adjacent to an activating group) is 1. The molecule has 1 heterocycles. The topological polar surface area (TPSA) is 52.7 Å². The molecule has 1 aliphatic heterocycles. The molecule has 1 saturated heterocycles. The van der Waals surface area contributed by atoms with E-state index in [1.54, 1.807) is 12.1 Å². The summed E-state index contributed by atoms with van der Waals surface area (Å²) in [5, 5.41) is 0. The maximum atomic E-state index is 12.6. The molecule has 1 N–H and O–H groups in total. The molecule has 0 radical (unpaired) electrons. The first-order chi connectivity index (χ1) is 12.9. The second-order valence-corrected chi connectivity index (χ2v) is 9.22. The first-order valence-electron chi connectivity index (χ1n) is 9.50. The third kappa shape index (κ3) is 5.62. The van der Waals surface area contributed by atoms with Crippen LogP contribution in [0.1, 0.15) is 6.92 Å². The number of rotatable bonds is 7. The van der Waals surface area contributed by atoms with Crippen LogP contribution in [0.5, 0.6) is 0 Å². The van der Waals surface area contributed by atoms with Crippen molar-refractivity contribution in [3.8, 4) is 11.1 Å². The molecule has 6 heteroatoms. The standard InChI is InChI=1S/C21H29N3O2S/c1-18(17-24-14-12-23(2)13-15-24)16-22-27(25,26)21-10-8-20(9-11-21)19-6-4-3-5-7-19/h3-11,18,22H,12-17H2,1-2H3. The van der Waals surface area contributed by atoms with Crippen molar-refractivity contribution >= 4 is 10.0 Å². The number of piperazine rings is 1. The summed E-state index contributed by atoms with van der Waals surface area (Å²) in [6.07, 6.45) is 0. The minimum absolute atomic E-state index is 0.270. The summed E-state index contributed by atoms with van der Waals surface area (Å²) in [4.78, 5) is 5.05. The van der Waals surface area contributed by atoms with Crippen molar-refractivity contribution in [1.82, 2.24) is 14.5 Å². The SMILES string of the molecule is CC(CNS(=O)(=O)c1ccc(-c2ccccc2)cc1)CN1CCN(C)CC1. The lowest BCUT2D eigenvalue weighted by molar-refractivity contribution is 0.139. The number of hydrogen-bond acceptors (Lipinski definition) is 4. The number of benzene rings is 2. The van der Waals surface area contributed by atoms with Gasteiger partial charge in [0.05, 0.1) is 4.90 Å². The molecule has 146 valence electrons. The van der Waals surface area contributed by atoms with E-state index >= 15 is 0 Å². The Hall–Kier alpha value is -1.73. The summed E-state index contributed by atoms with van der Waals surface area (Å²) in [7, 11) is -1.34. The summed E-state index contributed by atoms with van der Waals surface area (Å²) >= 11 is 0. The molecule has 2 aromatic rings. The van der Waals surface area contributed by atoms with Crippen LogP contribution in [0, 0.1) is 5.92 Å². The van der Waals surface area contributed by atoms with Gasteiger partial charge in [-0.2, -0.15) is 0 Å². The van der Waals surface area contributed by atoms with Crippen molar-refractivity contribution in [3.63, 3.8) is 0 Å². The molecule has 3 rings (SSSR count). The minimum atomic E-state index is -3.48. The second kappa shape index (κ2) is 8.97. The van der Waals surface area contributed by atoms with Crippen molar-refractivity contribution < 1.29 is 8.42 Å². The van der Waals surface area contributed by atoms with E-state index in [-0.39, 0.29) is 5.92 Å². The van der Waals surface area contributed by atoms with E-state index in [0.717, 1.165) is 43.9 Å². The third-order valence-electron chi connectivity index (χ3n) is 5.06. The largest absolute Gasteiger partial charge is 0.304 e. The molecule has 27 heavy (non-hydrogen) atoms. The molecule has 5 nitrogen and oxygen atoms in total. The van der Waals surface area contributed by atoms with E-state index in [1.807, 2.05) is 42.5 Å². The molecule has 1 fully saturated rings. The van der Waals surface area contributed by atoms with E-state index in [0.29, 0.717) is 11.4 Å². The van der Waals surface area contributed by atoms with Gasteiger partial charge >= 0.3 is 0 Å². The number of hydrogen-bond donors (Lipinski definition) is 1. The molecule has 0 spiro atoms. The van der Waals surface area contributed by atoms with Crippen LogP contribution < -0.4 is 4.72 Å². The first kappa shape index (κ1) is 20.0. The van der Waals surface area contributed by atoms with Gasteiger partial charge in [-0.15, -0.1) is 0 Å². The molecule has 0 aliphatic carbocycles. The summed E-state index contributed by atoms with van der Waals surface area (Å²) in [5.41, 5.74) is 2.09. The van der Waals surface area contributed by atoms with Crippen molar-refractivity contribution in [2.45, 2.75) is 11.8 Å². The number of nitrogens with zero attached hydrogens (tertiary/aromatic N) is 2. The zero-order chi connectivity index (χ0) is 19.3. The van der Waals surface area contributed by atoms with Gasteiger partial charge in [0.15, 0.2) is 0 Å². The lowest BCUT2D eigenvalue weighted by Gasteiger charge is -2.33. The van der Waals surface area contributed by atoms with Crippen LogP contribution in [0.2, 0.25) is 0 Å². The quantitative estimate of drug-likeness (QED) is 0.793. The van der Waals surface area contributed by atoms with Gasteiger partial charge in [0.1, 0.15) is 0 Å². The minimum Gasteiger partial charge on any atom is -0.304 e. The summed E-state index contributed by atoms with van der Waals surface area (Å²) < 4.78 is 27.9. The molecule has 0 aromatic heterocycles. The van der Waals surface area contributed by atoms with Gasteiger partial charge in [0.2, 0.25) is 10.0 Å². The Balaban J connectivity index is 1.55. The molecule has 0 amide bonds. The van der Waals surface area contributed by atoms with Gasteiger partial charge in [-0.1, -0.05) is 49.4 Å². The van der Waals surface area contributed by atoms with E-state index in [2.05, 4.69) is 28.5 Å². The highest BCUT2D eigenvalue weighted by Gasteiger charge is 2.19. The average Bonchev–Trinajstić information content (AvgIpc) is 2.69. The van der Waals surface area contributed by atoms with E-state index in [4.69, 9.17) is 0 Å². The predicted molar refractivity (Wildman–Crippen MR) is 110 cm³/mol. The van der Waals surface area contributed by atoms with Crippen molar-refractivity contribution in [1.29, 1.82) is 0 Å². The second-order valence-electron chi connectivity index (χ2n) is 7.45. The normalized spacial score (nSPS) is 17.7. The Morgan fingerprint density at radius 1 is 0.926 bits per heavy atom. The van der Waals surface area contributed by atoms with Crippen LogP contribution >= 0.6 is 0 Å². The highest BCUT2D eigenvalue weighted by Crippen LogP contribution is 2.21. The maximum Gasteiger partial charge on any atom is 0.240 e. The highest BCUT2D eigenvalue weighted by atomic mass is 32.2.